The fraction of sp³-hybridized carbons (Fsp3) is 0.500. The van der Waals surface area contributed by atoms with Gasteiger partial charge in [-0.15, -0.1) is 0 Å². The van der Waals surface area contributed by atoms with E-state index in [0.29, 0.717) is 0 Å². The van der Waals surface area contributed by atoms with E-state index in [0.717, 1.165) is 35.0 Å². The molecule has 0 amide bonds. The quantitative estimate of drug-likeness (QED) is 0.812. The molecule has 96 valence electrons. The molecule has 1 fully saturated rings. The zero-order valence-electron chi connectivity index (χ0n) is 10.5. The minimum Gasteiger partial charge on any atom is -0.399 e. The Morgan fingerprint density at radius 1 is 1.39 bits per heavy atom. The molecule has 2 aromatic rings. The summed E-state index contributed by atoms with van der Waals surface area (Å²) in [5, 5.41) is 9.41. The summed E-state index contributed by atoms with van der Waals surface area (Å²) >= 11 is 0. The number of hydrogen-bond donors (Lipinski definition) is 2. The van der Waals surface area contributed by atoms with Crippen LogP contribution in [0.2, 0.25) is 0 Å². The van der Waals surface area contributed by atoms with Crippen LogP contribution in [0.4, 0.5) is 5.69 Å². The molecule has 1 aliphatic carbocycles. The minimum atomic E-state index is -0.0146. The molecule has 4 heteroatoms. The molecule has 0 saturated heterocycles. The minimum absolute atomic E-state index is 0.0146. The fourth-order valence-corrected chi connectivity index (χ4v) is 2.66. The lowest BCUT2D eigenvalue weighted by atomic mass is 9.83. The molecule has 4 nitrogen and oxygen atoms in total. The van der Waals surface area contributed by atoms with Gasteiger partial charge in [-0.25, -0.2) is 4.98 Å². The van der Waals surface area contributed by atoms with Crippen LogP contribution in [0, 0.1) is 5.92 Å². The molecule has 18 heavy (non-hydrogen) atoms. The highest BCUT2D eigenvalue weighted by Crippen LogP contribution is 2.30. The normalized spacial score (nSPS) is 16.1. The maximum atomic E-state index is 9.41. The Morgan fingerprint density at radius 2 is 2.22 bits per heavy atom. The summed E-state index contributed by atoms with van der Waals surface area (Å²) in [6.45, 7) is 0.931. The molecule has 0 radical (unpaired) electrons. The first-order valence-corrected chi connectivity index (χ1v) is 6.63. The van der Waals surface area contributed by atoms with Crippen LogP contribution in [0.5, 0.6) is 0 Å². The maximum Gasteiger partial charge on any atom is 0.135 e. The Balaban J connectivity index is 1.91. The number of rotatable bonds is 4. The molecule has 0 bridgehead atoms. The standard InChI is InChI=1S/C14H19N3O/c15-11-4-5-13-12(8-11)16-14(9-18)17(13)7-6-10-2-1-3-10/h4-5,8,10,18H,1-3,6-7,9,15H2. The molecule has 0 spiro atoms. The Hall–Kier alpha value is -1.55. The van der Waals surface area contributed by atoms with Crippen LogP contribution in [0.25, 0.3) is 11.0 Å². The molecule has 1 aromatic heterocycles. The second-order valence-electron chi connectivity index (χ2n) is 5.17. The van der Waals surface area contributed by atoms with Gasteiger partial charge in [0.1, 0.15) is 12.4 Å². The maximum absolute atomic E-state index is 9.41. The zero-order valence-corrected chi connectivity index (χ0v) is 10.5. The fourth-order valence-electron chi connectivity index (χ4n) is 2.66. The van der Waals surface area contributed by atoms with Crippen LogP contribution in [0.15, 0.2) is 18.2 Å². The lowest BCUT2D eigenvalue weighted by Crippen LogP contribution is -2.15. The predicted molar refractivity (Wildman–Crippen MR) is 72.0 cm³/mol. The summed E-state index contributed by atoms with van der Waals surface area (Å²) in [5.74, 6) is 1.61. The van der Waals surface area contributed by atoms with Gasteiger partial charge in [-0.05, 0) is 30.5 Å². The molecule has 1 aromatic carbocycles. The number of imidazole rings is 1. The highest BCUT2D eigenvalue weighted by Gasteiger charge is 2.18. The van der Waals surface area contributed by atoms with Crippen molar-refractivity contribution in [3.63, 3.8) is 0 Å². The first-order valence-electron chi connectivity index (χ1n) is 6.63. The highest BCUT2D eigenvalue weighted by molar-refractivity contribution is 5.79. The Morgan fingerprint density at radius 3 is 2.89 bits per heavy atom. The average Bonchev–Trinajstić information content (AvgIpc) is 2.64. The van der Waals surface area contributed by atoms with Crippen molar-refractivity contribution in [3.8, 4) is 0 Å². The summed E-state index contributed by atoms with van der Waals surface area (Å²) in [7, 11) is 0. The Bertz CT molecular complexity index is 557. The van der Waals surface area contributed by atoms with Gasteiger partial charge in [0.15, 0.2) is 0 Å². The number of aromatic nitrogens is 2. The lowest BCUT2D eigenvalue weighted by molar-refractivity contribution is 0.254. The van der Waals surface area contributed by atoms with Crippen molar-refractivity contribution in [1.82, 2.24) is 9.55 Å². The molecule has 1 aliphatic rings. The molecule has 3 N–H and O–H groups in total. The predicted octanol–water partition coefficient (Wildman–Crippen LogP) is 2.30. The number of nitrogens with two attached hydrogens (primary N) is 1. The summed E-state index contributed by atoms with van der Waals surface area (Å²) < 4.78 is 2.13. The number of aryl methyl sites for hydroxylation is 1. The van der Waals surface area contributed by atoms with Crippen LogP contribution in [-0.4, -0.2) is 14.7 Å². The average molecular weight is 245 g/mol. The number of aliphatic hydroxyl groups is 1. The van der Waals surface area contributed by atoms with E-state index < -0.39 is 0 Å². The summed E-state index contributed by atoms with van der Waals surface area (Å²) in [5.41, 5.74) is 8.44. The lowest BCUT2D eigenvalue weighted by Gasteiger charge is -2.25. The van der Waals surface area contributed by atoms with Gasteiger partial charge in [-0.2, -0.15) is 0 Å². The van der Waals surface area contributed by atoms with E-state index in [1.54, 1.807) is 0 Å². The van der Waals surface area contributed by atoms with Gasteiger partial charge in [-0.1, -0.05) is 19.3 Å². The molecular formula is C14H19N3O. The van der Waals surface area contributed by atoms with Gasteiger partial charge >= 0.3 is 0 Å². The van der Waals surface area contributed by atoms with Gasteiger partial charge in [0, 0.05) is 12.2 Å². The summed E-state index contributed by atoms with van der Waals surface area (Å²) in [6, 6.07) is 5.76. The van der Waals surface area contributed by atoms with Crippen molar-refractivity contribution in [2.45, 2.75) is 38.8 Å². The monoisotopic (exact) mass is 245 g/mol. The van der Waals surface area contributed by atoms with Crippen LogP contribution >= 0.6 is 0 Å². The van der Waals surface area contributed by atoms with Crippen LogP contribution in [-0.2, 0) is 13.2 Å². The number of hydrogen-bond acceptors (Lipinski definition) is 3. The molecule has 3 rings (SSSR count). The van der Waals surface area contributed by atoms with E-state index in [9.17, 15) is 5.11 Å². The van der Waals surface area contributed by atoms with Crippen molar-refractivity contribution in [2.75, 3.05) is 5.73 Å². The van der Waals surface area contributed by atoms with Gasteiger partial charge in [0.25, 0.3) is 0 Å². The topological polar surface area (TPSA) is 64.1 Å². The number of anilines is 1. The van der Waals surface area contributed by atoms with Gasteiger partial charge in [0.05, 0.1) is 11.0 Å². The van der Waals surface area contributed by atoms with Gasteiger partial charge in [-0.3, -0.25) is 0 Å². The third-order valence-electron chi connectivity index (χ3n) is 3.98. The van der Waals surface area contributed by atoms with E-state index in [2.05, 4.69) is 9.55 Å². The molecule has 1 saturated carbocycles. The number of aliphatic hydroxyl groups excluding tert-OH is 1. The summed E-state index contributed by atoms with van der Waals surface area (Å²) in [6.07, 6.45) is 5.27. The van der Waals surface area contributed by atoms with E-state index in [1.165, 1.54) is 25.7 Å². The van der Waals surface area contributed by atoms with Crippen molar-refractivity contribution in [1.29, 1.82) is 0 Å². The van der Waals surface area contributed by atoms with Crippen molar-refractivity contribution in [3.05, 3.63) is 24.0 Å². The number of benzene rings is 1. The van der Waals surface area contributed by atoms with E-state index >= 15 is 0 Å². The Labute approximate surface area is 106 Å². The van der Waals surface area contributed by atoms with Crippen molar-refractivity contribution < 1.29 is 5.11 Å². The molecule has 0 aliphatic heterocycles. The third-order valence-corrected chi connectivity index (χ3v) is 3.98. The Kier molecular flexibility index (Phi) is 2.96. The molecular weight excluding hydrogens is 226 g/mol. The first-order chi connectivity index (χ1) is 8.78. The second kappa shape index (κ2) is 4.61. The SMILES string of the molecule is Nc1ccc2c(c1)nc(CO)n2CCC1CCC1. The third kappa shape index (κ3) is 1.97. The van der Waals surface area contributed by atoms with Crippen LogP contribution in [0.1, 0.15) is 31.5 Å². The van der Waals surface area contributed by atoms with Crippen LogP contribution < -0.4 is 5.73 Å². The largest absolute Gasteiger partial charge is 0.399 e. The number of nitrogen functional groups attached to an aromatic ring is 1. The van der Waals surface area contributed by atoms with E-state index in [1.807, 2.05) is 18.2 Å². The van der Waals surface area contributed by atoms with Crippen LogP contribution in [0.3, 0.4) is 0 Å². The second-order valence-corrected chi connectivity index (χ2v) is 5.17. The van der Waals surface area contributed by atoms with Crippen molar-refractivity contribution >= 4 is 16.7 Å². The molecule has 0 unspecified atom stereocenters. The van der Waals surface area contributed by atoms with Gasteiger partial charge in [0.2, 0.25) is 0 Å². The van der Waals surface area contributed by atoms with Crippen molar-refractivity contribution in [2.24, 2.45) is 5.92 Å². The molecule has 0 atom stereocenters. The smallest absolute Gasteiger partial charge is 0.135 e. The molecule has 1 heterocycles. The van der Waals surface area contributed by atoms with E-state index in [-0.39, 0.29) is 6.61 Å². The number of fused-ring (bicyclic) bond motifs is 1. The summed E-state index contributed by atoms with van der Waals surface area (Å²) in [4.78, 5) is 4.45. The first kappa shape index (κ1) is 11.5. The van der Waals surface area contributed by atoms with E-state index in [4.69, 9.17) is 5.73 Å². The van der Waals surface area contributed by atoms with Gasteiger partial charge < -0.3 is 15.4 Å². The highest BCUT2D eigenvalue weighted by atomic mass is 16.3. The zero-order chi connectivity index (χ0) is 12.5. The number of nitrogens with zero attached hydrogens (tertiary/aromatic N) is 2.